The highest BCUT2D eigenvalue weighted by molar-refractivity contribution is 5.89. The molecule has 0 amide bonds. The fourth-order valence-electron chi connectivity index (χ4n) is 6.62. The molecule has 4 saturated carbocycles. The molecule has 3 atom stereocenters. The minimum absolute atomic E-state index is 0.179. The van der Waals surface area contributed by atoms with E-state index in [0.717, 1.165) is 41.8 Å². The van der Waals surface area contributed by atoms with Crippen LogP contribution < -0.4 is 11.1 Å². The molecule has 4 bridgehead atoms. The average molecular weight is 367 g/mol. The first-order valence-corrected chi connectivity index (χ1v) is 10.4. The highest BCUT2D eigenvalue weighted by atomic mass is 16.3. The minimum atomic E-state index is -0.432. The Morgan fingerprint density at radius 3 is 2.63 bits per heavy atom. The quantitative estimate of drug-likeness (QED) is 0.756. The van der Waals surface area contributed by atoms with Crippen LogP contribution in [0.15, 0.2) is 24.3 Å². The largest absolute Gasteiger partial charge is 0.390 e. The lowest BCUT2D eigenvalue weighted by atomic mass is 9.46. The van der Waals surface area contributed by atoms with Gasteiger partial charge in [0.05, 0.1) is 11.1 Å². The fraction of sp³-hybridized carbons (Fsp3) is 0.636. The van der Waals surface area contributed by atoms with Gasteiger partial charge in [-0.1, -0.05) is 12.1 Å². The van der Waals surface area contributed by atoms with Crippen molar-refractivity contribution in [1.82, 2.24) is 9.97 Å². The lowest BCUT2D eigenvalue weighted by Crippen LogP contribution is -2.60. The summed E-state index contributed by atoms with van der Waals surface area (Å²) < 4.78 is 0. The van der Waals surface area contributed by atoms with Crippen molar-refractivity contribution in [3.05, 3.63) is 30.1 Å². The highest BCUT2D eigenvalue weighted by Gasteiger charge is 2.58. The van der Waals surface area contributed by atoms with Crippen LogP contribution in [0.2, 0.25) is 0 Å². The van der Waals surface area contributed by atoms with Gasteiger partial charge in [-0.2, -0.15) is 0 Å². The van der Waals surface area contributed by atoms with Crippen LogP contribution in [-0.4, -0.2) is 33.3 Å². The first-order valence-electron chi connectivity index (χ1n) is 10.4. The average Bonchev–Trinajstić information content (AvgIpc) is 2.60. The maximum atomic E-state index is 11.1. The molecule has 5 nitrogen and oxygen atoms in total. The first kappa shape index (κ1) is 17.4. The summed E-state index contributed by atoms with van der Waals surface area (Å²) in [5, 5.41) is 15.9. The SMILES string of the molecule is C[C@@H](Nc1nc(CCN)nc2ccccc12)C12C[C@@H]3C[C@H](CC(O)(C3)C1)C2. The normalized spacial score (nSPS) is 35.5. The number of hydrogen-bond acceptors (Lipinski definition) is 5. The predicted molar refractivity (Wildman–Crippen MR) is 107 cm³/mol. The van der Waals surface area contributed by atoms with Gasteiger partial charge in [-0.15, -0.1) is 0 Å². The second kappa shape index (κ2) is 6.14. The Morgan fingerprint density at radius 1 is 1.19 bits per heavy atom. The molecule has 4 fully saturated rings. The summed E-state index contributed by atoms with van der Waals surface area (Å²) in [4.78, 5) is 9.48. The van der Waals surface area contributed by atoms with Crippen molar-refractivity contribution in [2.75, 3.05) is 11.9 Å². The van der Waals surface area contributed by atoms with E-state index in [-0.39, 0.29) is 11.5 Å². The number of fused-ring (bicyclic) bond motifs is 1. The molecule has 144 valence electrons. The topological polar surface area (TPSA) is 84.1 Å². The monoisotopic (exact) mass is 366 g/mol. The van der Waals surface area contributed by atoms with Crippen LogP contribution >= 0.6 is 0 Å². The molecule has 5 heteroatoms. The van der Waals surface area contributed by atoms with Gasteiger partial charge in [-0.25, -0.2) is 9.97 Å². The second-order valence-corrected chi connectivity index (χ2v) is 9.46. The number of anilines is 1. The lowest BCUT2D eigenvalue weighted by Gasteiger charge is -2.62. The van der Waals surface area contributed by atoms with Crippen molar-refractivity contribution in [2.24, 2.45) is 23.0 Å². The lowest BCUT2D eigenvalue weighted by molar-refractivity contribution is -0.167. The van der Waals surface area contributed by atoms with Crippen LogP contribution in [0, 0.1) is 17.3 Å². The summed E-state index contributed by atoms with van der Waals surface area (Å²) in [6.45, 7) is 2.84. The van der Waals surface area contributed by atoms with Gasteiger partial charge in [-0.3, -0.25) is 0 Å². The molecule has 0 aliphatic heterocycles. The number of hydrogen-bond donors (Lipinski definition) is 3. The van der Waals surface area contributed by atoms with Crippen LogP contribution in [0.5, 0.6) is 0 Å². The molecule has 1 aromatic heterocycles. The third-order valence-electron chi connectivity index (χ3n) is 7.36. The molecule has 4 aliphatic carbocycles. The van der Waals surface area contributed by atoms with E-state index in [2.05, 4.69) is 23.3 Å². The van der Waals surface area contributed by atoms with E-state index in [1.54, 1.807) is 0 Å². The second-order valence-electron chi connectivity index (χ2n) is 9.46. The van der Waals surface area contributed by atoms with Gasteiger partial charge in [-0.05, 0) is 81.4 Å². The number of nitrogens with one attached hydrogen (secondary N) is 1. The van der Waals surface area contributed by atoms with Gasteiger partial charge in [0.15, 0.2) is 0 Å². The maximum Gasteiger partial charge on any atom is 0.137 e. The zero-order valence-electron chi connectivity index (χ0n) is 16.1. The molecule has 4 N–H and O–H groups in total. The predicted octanol–water partition coefficient (Wildman–Crippen LogP) is 3.26. The molecule has 1 aromatic carbocycles. The van der Waals surface area contributed by atoms with Crippen LogP contribution in [0.1, 0.15) is 51.3 Å². The van der Waals surface area contributed by atoms with Crippen LogP contribution in [0.3, 0.4) is 0 Å². The molecule has 0 spiro atoms. The molecule has 0 unspecified atom stereocenters. The van der Waals surface area contributed by atoms with Crippen LogP contribution in [0.25, 0.3) is 10.9 Å². The van der Waals surface area contributed by atoms with Crippen molar-refractivity contribution in [3.8, 4) is 0 Å². The van der Waals surface area contributed by atoms with Crippen molar-refractivity contribution in [1.29, 1.82) is 0 Å². The van der Waals surface area contributed by atoms with Gasteiger partial charge in [0.2, 0.25) is 0 Å². The Hall–Kier alpha value is -1.72. The molecule has 4 aliphatic rings. The van der Waals surface area contributed by atoms with Gasteiger partial charge in [0.1, 0.15) is 11.6 Å². The number of para-hydroxylation sites is 1. The van der Waals surface area contributed by atoms with Crippen LogP contribution in [0.4, 0.5) is 5.82 Å². The number of benzene rings is 1. The van der Waals surface area contributed by atoms with Crippen molar-refractivity contribution >= 4 is 16.7 Å². The third-order valence-corrected chi connectivity index (χ3v) is 7.36. The number of aliphatic hydroxyl groups is 1. The van der Waals surface area contributed by atoms with Gasteiger partial charge < -0.3 is 16.2 Å². The smallest absolute Gasteiger partial charge is 0.137 e. The number of rotatable bonds is 5. The van der Waals surface area contributed by atoms with Crippen LogP contribution in [-0.2, 0) is 6.42 Å². The zero-order chi connectivity index (χ0) is 18.6. The van der Waals surface area contributed by atoms with E-state index in [4.69, 9.17) is 10.7 Å². The van der Waals surface area contributed by atoms with Crippen molar-refractivity contribution in [2.45, 2.75) is 63.5 Å². The standard InChI is InChI=1S/C22H30N4O/c1-14(21-9-15-8-16(10-21)12-22(27,11-15)13-21)24-20-17-4-2-3-5-18(17)25-19(26-20)6-7-23/h2-5,14-16,27H,6-13,23H2,1H3,(H,24,25,26)/t14-,15+,16+,21?,22?/m1/s1. The summed E-state index contributed by atoms with van der Waals surface area (Å²) in [5.41, 5.74) is 6.46. The van der Waals surface area contributed by atoms with Gasteiger partial charge in [0.25, 0.3) is 0 Å². The Morgan fingerprint density at radius 2 is 1.93 bits per heavy atom. The number of nitrogens with two attached hydrogens (primary N) is 1. The number of aromatic nitrogens is 2. The van der Waals surface area contributed by atoms with Gasteiger partial charge in [0, 0.05) is 17.8 Å². The Kier molecular flexibility index (Phi) is 3.96. The molecular weight excluding hydrogens is 336 g/mol. The highest BCUT2D eigenvalue weighted by Crippen LogP contribution is 2.63. The molecule has 0 saturated heterocycles. The molecule has 2 aromatic rings. The van der Waals surface area contributed by atoms with E-state index in [9.17, 15) is 5.11 Å². The number of nitrogens with zero attached hydrogens (tertiary/aromatic N) is 2. The molecule has 0 radical (unpaired) electrons. The van der Waals surface area contributed by atoms with Gasteiger partial charge >= 0.3 is 0 Å². The summed E-state index contributed by atoms with van der Waals surface area (Å²) in [7, 11) is 0. The molecular formula is C22H30N4O. The fourth-order valence-corrected chi connectivity index (χ4v) is 6.62. The van der Waals surface area contributed by atoms with Crippen molar-refractivity contribution in [3.63, 3.8) is 0 Å². The van der Waals surface area contributed by atoms with Crippen molar-refractivity contribution < 1.29 is 5.11 Å². The Bertz CT molecular complexity index is 853. The summed E-state index contributed by atoms with van der Waals surface area (Å²) in [6.07, 6.45) is 7.41. The minimum Gasteiger partial charge on any atom is -0.390 e. The molecule has 6 rings (SSSR count). The Balaban J connectivity index is 1.48. The van der Waals surface area contributed by atoms with E-state index >= 15 is 0 Å². The molecule has 1 heterocycles. The van der Waals surface area contributed by atoms with E-state index in [1.165, 1.54) is 19.3 Å². The van der Waals surface area contributed by atoms with E-state index in [1.807, 2.05) is 18.2 Å². The maximum absolute atomic E-state index is 11.1. The van der Waals surface area contributed by atoms with E-state index < -0.39 is 5.60 Å². The first-order chi connectivity index (χ1) is 13.0. The Labute approximate surface area is 160 Å². The molecule has 27 heavy (non-hydrogen) atoms. The zero-order valence-corrected chi connectivity index (χ0v) is 16.1. The summed E-state index contributed by atoms with van der Waals surface area (Å²) in [5.74, 6) is 3.10. The summed E-state index contributed by atoms with van der Waals surface area (Å²) in [6, 6.07) is 8.46. The third kappa shape index (κ3) is 2.92. The summed E-state index contributed by atoms with van der Waals surface area (Å²) >= 11 is 0. The van der Waals surface area contributed by atoms with E-state index in [0.29, 0.717) is 24.8 Å².